The highest BCUT2D eigenvalue weighted by Gasteiger charge is 2.72. The average molecular weight is 712 g/mol. The maximum absolute atomic E-state index is 14.8. The Morgan fingerprint density at radius 3 is 1.91 bits per heavy atom. The Morgan fingerprint density at radius 2 is 1.45 bits per heavy atom. The molecule has 0 N–H and O–H groups in total. The lowest BCUT2D eigenvalue weighted by atomic mass is 9.69. The Balaban J connectivity index is 2.04. The summed E-state index contributed by atoms with van der Waals surface area (Å²) in [6.07, 6.45) is 5.41. The van der Waals surface area contributed by atoms with E-state index in [0.29, 0.717) is 5.92 Å². The van der Waals surface area contributed by atoms with Crippen LogP contribution in [-0.2, 0) is 28.5 Å². The smallest absolute Gasteiger partial charge is 0.238 e. The molecule has 2 saturated carbocycles. The summed E-state index contributed by atoms with van der Waals surface area (Å²) in [6, 6.07) is -0.316. The Labute approximate surface area is 290 Å². The molecule has 0 aromatic carbocycles. The van der Waals surface area contributed by atoms with E-state index < -0.39 is 55.4 Å². The Bertz CT molecular complexity index is 1340. The summed E-state index contributed by atoms with van der Waals surface area (Å²) in [5, 5.41) is -0.210. The molecule has 1 heterocycles. The van der Waals surface area contributed by atoms with Gasteiger partial charge in [-0.1, -0.05) is 95.2 Å². The summed E-state index contributed by atoms with van der Waals surface area (Å²) >= 11 is 0. The third-order valence-corrected chi connectivity index (χ3v) is 24.8. The molecule has 3 rings (SSSR count). The van der Waals surface area contributed by atoms with Gasteiger partial charge in [0, 0.05) is 16.7 Å². The number of ketones is 1. The zero-order chi connectivity index (χ0) is 36.6. The number of rotatable bonds is 12. The Kier molecular flexibility index (Phi) is 11.0. The number of hydrogen-bond donors (Lipinski definition) is 0. The van der Waals surface area contributed by atoms with E-state index in [1.165, 1.54) is 4.31 Å². The van der Waals surface area contributed by atoms with Crippen LogP contribution in [0.5, 0.6) is 0 Å². The van der Waals surface area contributed by atoms with Crippen LogP contribution in [-0.4, -0.2) is 65.1 Å². The number of carbonyl (C=O) groups excluding carboxylic acids is 2. The van der Waals surface area contributed by atoms with E-state index in [4.69, 9.17) is 8.85 Å². The zero-order valence-electron chi connectivity index (χ0n) is 33.0. The van der Waals surface area contributed by atoms with Crippen molar-refractivity contribution in [2.75, 3.05) is 5.75 Å². The lowest BCUT2D eigenvalue weighted by Gasteiger charge is -2.46. The van der Waals surface area contributed by atoms with E-state index in [0.717, 1.165) is 19.3 Å². The quantitative estimate of drug-likeness (QED) is 0.148. The Hall–Kier alpha value is -0.816. The molecule has 10 heteroatoms. The number of hydrogen-bond acceptors (Lipinski definition) is 6. The lowest BCUT2D eigenvalue weighted by Crippen LogP contribution is -2.55. The van der Waals surface area contributed by atoms with E-state index in [9.17, 15) is 18.0 Å². The van der Waals surface area contributed by atoms with Gasteiger partial charge in [0.2, 0.25) is 15.9 Å². The van der Waals surface area contributed by atoms with Crippen molar-refractivity contribution in [2.24, 2.45) is 34.0 Å². The predicted octanol–water partition coefficient (Wildman–Crippen LogP) is 8.97. The van der Waals surface area contributed by atoms with Crippen LogP contribution in [0.4, 0.5) is 0 Å². The number of allylic oxidation sites excluding steroid dienone is 1. The van der Waals surface area contributed by atoms with E-state index in [-0.39, 0.29) is 51.5 Å². The molecule has 7 nitrogen and oxygen atoms in total. The minimum atomic E-state index is -3.79. The summed E-state index contributed by atoms with van der Waals surface area (Å²) in [6.45, 7) is 35.9. The van der Waals surface area contributed by atoms with Crippen LogP contribution in [0.25, 0.3) is 0 Å². The number of sulfonamides is 1. The summed E-state index contributed by atoms with van der Waals surface area (Å²) in [7, 11) is -8.54. The van der Waals surface area contributed by atoms with Gasteiger partial charge in [0.1, 0.15) is 5.78 Å². The standard InChI is InChI=1S/C37H69NO6SSi2/c1-18-19-25(2)31(44-47(16,17)34(7,8)9)26(3)32(40)35(10,11)29(43-46(14,15)33(4,5)6)23-30(39)38-28-22-27-20-21-37(28,36(27,12)13)24-45(38,41)42/h18-19,25-29,31H,20-24H2,1-17H3/b19-18+/t25-,26+,27?,28?,29+,31-,37?/m0/s1. The topological polar surface area (TPSA) is 90.0 Å². The van der Waals surface area contributed by atoms with Crippen molar-refractivity contribution in [2.45, 2.75) is 170 Å². The van der Waals surface area contributed by atoms with Gasteiger partial charge in [-0.3, -0.25) is 9.59 Å². The van der Waals surface area contributed by atoms with Gasteiger partial charge >= 0.3 is 0 Å². The molecule has 1 saturated heterocycles. The van der Waals surface area contributed by atoms with Gasteiger partial charge in [0.25, 0.3) is 0 Å². The molecule has 3 fully saturated rings. The van der Waals surface area contributed by atoms with Gasteiger partial charge in [-0.25, -0.2) is 12.7 Å². The number of nitrogens with zero attached hydrogens (tertiary/aromatic N) is 1. The molecule has 1 spiro atoms. The SMILES string of the molecule is C/C=C/[C@H](C)[C@H](O[Si](C)(C)C(C)(C)C)[C@@H](C)C(=O)C(C)(C)[C@@H](CC(=O)N1C2CC3CCC2(CS1(=O)=O)C3(C)C)O[Si](C)(C)C(C)(C)C. The molecule has 2 aliphatic carbocycles. The van der Waals surface area contributed by atoms with Crippen LogP contribution in [0.1, 0.15) is 116 Å². The van der Waals surface area contributed by atoms with Gasteiger partial charge in [-0.15, -0.1) is 0 Å². The summed E-state index contributed by atoms with van der Waals surface area (Å²) in [5.41, 5.74) is -1.62. The van der Waals surface area contributed by atoms with Gasteiger partial charge in [0.05, 0.1) is 30.4 Å². The third kappa shape index (κ3) is 7.07. The highest BCUT2D eigenvalue weighted by Crippen LogP contribution is 2.70. The van der Waals surface area contributed by atoms with Crippen LogP contribution < -0.4 is 0 Å². The van der Waals surface area contributed by atoms with E-state index in [1.54, 1.807) is 0 Å². The molecule has 0 aromatic rings. The first-order valence-corrected chi connectivity index (χ1v) is 25.4. The van der Waals surface area contributed by atoms with Crippen molar-refractivity contribution in [3.63, 3.8) is 0 Å². The molecular formula is C37H69NO6SSi2. The second-order valence-corrected chi connectivity index (χ2v) is 30.8. The van der Waals surface area contributed by atoms with Gasteiger partial charge in [0.15, 0.2) is 16.6 Å². The Morgan fingerprint density at radius 1 is 0.936 bits per heavy atom. The lowest BCUT2D eigenvalue weighted by molar-refractivity contribution is -0.143. The second-order valence-electron chi connectivity index (χ2n) is 19.5. The van der Waals surface area contributed by atoms with Crippen molar-refractivity contribution < 1.29 is 26.9 Å². The third-order valence-electron chi connectivity index (χ3n) is 13.9. The molecule has 1 amide bonds. The average Bonchev–Trinajstić information content (AvgIpc) is 3.37. The minimum absolute atomic E-state index is 0.00246. The van der Waals surface area contributed by atoms with Crippen LogP contribution in [0.3, 0.4) is 0 Å². The fourth-order valence-corrected chi connectivity index (χ4v) is 13.8. The van der Waals surface area contributed by atoms with Gasteiger partial charge < -0.3 is 8.85 Å². The van der Waals surface area contributed by atoms with Crippen LogP contribution in [0.2, 0.25) is 36.3 Å². The van der Waals surface area contributed by atoms with Crippen molar-refractivity contribution in [3.05, 3.63) is 12.2 Å². The second kappa shape index (κ2) is 12.7. The normalized spacial score (nSPS) is 28.7. The van der Waals surface area contributed by atoms with E-state index >= 15 is 0 Å². The molecule has 272 valence electrons. The highest BCUT2D eigenvalue weighted by molar-refractivity contribution is 7.90. The number of fused-ring (bicyclic) bond motifs is 1. The monoisotopic (exact) mass is 711 g/mol. The van der Waals surface area contributed by atoms with Crippen molar-refractivity contribution in [3.8, 4) is 0 Å². The number of carbonyl (C=O) groups is 2. The molecular weight excluding hydrogens is 643 g/mol. The van der Waals surface area contributed by atoms with Crippen LogP contribution >= 0.6 is 0 Å². The van der Waals surface area contributed by atoms with Crippen LogP contribution in [0, 0.1) is 34.0 Å². The fourth-order valence-electron chi connectivity index (χ4n) is 8.33. The first-order valence-electron chi connectivity index (χ1n) is 18.0. The maximum Gasteiger partial charge on any atom is 0.238 e. The summed E-state index contributed by atoms with van der Waals surface area (Å²) in [4.78, 5) is 29.3. The fraction of sp³-hybridized carbons (Fsp3) is 0.892. The minimum Gasteiger partial charge on any atom is -0.413 e. The van der Waals surface area contributed by atoms with Crippen LogP contribution in [0.15, 0.2) is 12.2 Å². The van der Waals surface area contributed by atoms with Gasteiger partial charge in [-0.05, 0) is 79.7 Å². The summed E-state index contributed by atoms with van der Waals surface area (Å²) in [5.74, 6) is -0.482. The first kappa shape index (κ1) is 40.6. The molecule has 47 heavy (non-hydrogen) atoms. The van der Waals surface area contributed by atoms with E-state index in [1.807, 2.05) is 33.8 Å². The largest absolute Gasteiger partial charge is 0.413 e. The van der Waals surface area contributed by atoms with Gasteiger partial charge in [-0.2, -0.15) is 0 Å². The molecule has 7 atom stereocenters. The molecule has 2 bridgehead atoms. The molecule has 3 unspecified atom stereocenters. The zero-order valence-corrected chi connectivity index (χ0v) is 35.8. The van der Waals surface area contributed by atoms with E-state index in [2.05, 4.69) is 94.6 Å². The highest BCUT2D eigenvalue weighted by atomic mass is 32.2. The number of amides is 1. The predicted molar refractivity (Wildman–Crippen MR) is 199 cm³/mol. The summed E-state index contributed by atoms with van der Waals surface area (Å²) < 4.78 is 42.9. The van der Waals surface area contributed by atoms with Crippen molar-refractivity contribution >= 4 is 38.3 Å². The maximum atomic E-state index is 14.8. The molecule has 1 aliphatic heterocycles. The number of Topliss-reactive ketones (excluding diaryl/α,β-unsaturated/α-hetero) is 1. The van der Waals surface area contributed by atoms with Crippen molar-refractivity contribution in [1.29, 1.82) is 0 Å². The molecule has 0 aromatic heterocycles. The molecule has 0 radical (unpaired) electrons. The van der Waals surface area contributed by atoms with Crippen molar-refractivity contribution in [1.82, 2.24) is 4.31 Å². The first-order chi connectivity index (χ1) is 20.9. The molecule has 3 aliphatic rings.